The number of rotatable bonds is 14. The highest BCUT2D eigenvalue weighted by Gasteiger charge is 2.02. The van der Waals surface area contributed by atoms with E-state index < -0.39 is 0 Å². The van der Waals surface area contributed by atoms with Crippen molar-refractivity contribution in [2.24, 2.45) is 0 Å². The summed E-state index contributed by atoms with van der Waals surface area (Å²) in [4.78, 5) is 0. The summed E-state index contributed by atoms with van der Waals surface area (Å²) in [5.41, 5.74) is 0. The van der Waals surface area contributed by atoms with E-state index in [4.69, 9.17) is 13.9 Å². The van der Waals surface area contributed by atoms with Crippen LogP contribution in [0.4, 0.5) is 0 Å². The van der Waals surface area contributed by atoms with Crippen molar-refractivity contribution >= 4 is 0 Å². The average Bonchev–Trinajstić information content (AvgIpc) is 2.94. The SMILES string of the molecule is CCCCCCOCc1ccc(COCCCCCC)o1. The lowest BCUT2D eigenvalue weighted by Gasteiger charge is -2.03. The van der Waals surface area contributed by atoms with Crippen molar-refractivity contribution in [1.82, 2.24) is 0 Å². The Hall–Kier alpha value is -0.800. The molecule has 1 aromatic rings. The highest BCUT2D eigenvalue weighted by Crippen LogP contribution is 2.11. The first kappa shape index (κ1) is 18.2. The maximum absolute atomic E-state index is 5.69. The molecule has 0 saturated heterocycles. The minimum Gasteiger partial charge on any atom is -0.461 e. The monoisotopic (exact) mass is 296 g/mol. The third-order valence-corrected chi connectivity index (χ3v) is 3.49. The minimum atomic E-state index is 0.572. The molecule has 0 bridgehead atoms. The molecule has 1 aromatic heterocycles. The Labute approximate surface area is 130 Å². The second kappa shape index (κ2) is 12.9. The maximum atomic E-state index is 5.69. The molecule has 0 radical (unpaired) electrons. The van der Waals surface area contributed by atoms with E-state index in [0.29, 0.717) is 13.2 Å². The van der Waals surface area contributed by atoms with Gasteiger partial charge in [-0.1, -0.05) is 52.4 Å². The van der Waals surface area contributed by atoms with Crippen molar-refractivity contribution in [3.63, 3.8) is 0 Å². The molecule has 0 spiro atoms. The van der Waals surface area contributed by atoms with Crippen LogP contribution in [0.2, 0.25) is 0 Å². The molecule has 0 atom stereocenters. The Kier molecular flexibility index (Phi) is 11.2. The summed E-state index contributed by atoms with van der Waals surface area (Å²) in [6.45, 7) is 7.23. The van der Waals surface area contributed by atoms with Crippen molar-refractivity contribution in [3.05, 3.63) is 23.7 Å². The van der Waals surface area contributed by atoms with Crippen molar-refractivity contribution < 1.29 is 13.9 Å². The molecule has 0 amide bonds. The van der Waals surface area contributed by atoms with Crippen molar-refractivity contribution in [2.75, 3.05) is 13.2 Å². The Morgan fingerprint density at radius 3 is 1.62 bits per heavy atom. The van der Waals surface area contributed by atoms with E-state index in [0.717, 1.165) is 37.6 Å². The number of hydrogen-bond donors (Lipinski definition) is 0. The van der Waals surface area contributed by atoms with Gasteiger partial charge in [0.05, 0.1) is 0 Å². The topological polar surface area (TPSA) is 31.6 Å². The van der Waals surface area contributed by atoms with Gasteiger partial charge in [0.2, 0.25) is 0 Å². The van der Waals surface area contributed by atoms with Crippen LogP contribution in [-0.2, 0) is 22.7 Å². The molecule has 0 aliphatic heterocycles. The summed E-state index contributed by atoms with van der Waals surface area (Å²) < 4.78 is 16.9. The lowest BCUT2D eigenvalue weighted by molar-refractivity contribution is 0.0864. The first-order valence-electron chi connectivity index (χ1n) is 8.59. The molecule has 3 nitrogen and oxygen atoms in total. The molecular formula is C18H32O3. The second-order valence-electron chi connectivity index (χ2n) is 5.59. The van der Waals surface area contributed by atoms with Crippen molar-refractivity contribution in [3.8, 4) is 0 Å². The molecular weight excluding hydrogens is 264 g/mol. The van der Waals surface area contributed by atoms with Gasteiger partial charge < -0.3 is 13.9 Å². The number of unbranched alkanes of at least 4 members (excludes halogenated alkanes) is 6. The predicted molar refractivity (Wildman–Crippen MR) is 86.3 cm³/mol. The van der Waals surface area contributed by atoms with Gasteiger partial charge >= 0.3 is 0 Å². The Morgan fingerprint density at radius 2 is 1.19 bits per heavy atom. The van der Waals surface area contributed by atoms with E-state index >= 15 is 0 Å². The van der Waals surface area contributed by atoms with Gasteiger partial charge in [-0.05, 0) is 25.0 Å². The first-order valence-corrected chi connectivity index (χ1v) is 8.59. The summed E-state index contributed by atoms with van der Waals surface area (Å²) >= 11 is 0. The van der Waals surface area contributed by atoms with E-state index in [9.17, 15) is 0 Å². The zero-order valence-electron chi connectivity index (χ0n) is 13.9. The molecule has 0 aliphatic rings. The normalized spacial score (nSPS) is 11.1. The van der Waals surface area contributed by atoms with Crippen LogP contribution in [0.5, 0.6) is 0 Å². The largest absolute Gasteiger partial charge is 0.461 e. The molecule has 21 heavy (non-hydrogen) atoms. The van der Waals surface area contributed by atoms with Crippen molar-refractivity contribution in [2.45, 2.75) is 78.4 Å². The van der Waals surface area contributed by atoms with Gasteiger partial charge in [0, 0.05) is 13.2 Å². The molecule has 1 rings (SSSR count). The molecule has 122 valence electrons. The molecule has 0 saturated carbocycles. The van der Waals surface area contributed by atoms with Crippen LogP contribution in [0.1, 0.15) is 76.7 Å². The lowest BCUT2D eigenvalue weighted by atomic mass is 10.2. The van der Waals surface area contributed by atoms with Crippen molar-refractivity contribution in [1.29, 1.82) is 0 Å². The van der Waals surface area contributed by atoms with Gasteiger partial charge in [0.15, 0.2) is 0 Å². The third kappa shape index (κ3) is 9.70. The zero-order chi connectivity index (χ0) is 15.2. The number of ether oxygens (including phenoxy) is 2. The maximum Gasteiger partial charge on any atom is 0.129 e. The molecule has 3 heteroatoms. The fraction of sp³-hybridized carbons (Fsp3) is 0.778. The van der Waals surface area contributed by atoms with Gasteiger partial charge in [-0.3, -0.25) is 0 Å². The Balaban J connectivity index is 2.01. The number of hydrogen-bond acceptors (Lipinski definition) is 3. The van der Waals surface area contributed by atoms with Crippen LogP contribution in [0.25, 0.3) is 0 Å². The summed E-state index contributed by atoms with van der Waals surface area (Å²) in [6, 6.07) is 3.98. The first-order chi connectivity index (χ1) is 10.4. The highest BCUT2D eigenvalue weighted by atomic mass is 16.5. The second-order valence-corrected chi connectivity index (χ2v) is 5.59. The Bertz CT molecular complexity index is 302. The quantitative estimate of drug-likeness (QED) is 0.426. The molecule has 0 fully saturated rings. The molecule has 1 heterocycles. The van der Waals surface area contributed by atoms with E-state index in [-0.39, 0.29) is 0 Å². The minimum absolute atomic E-state index is 0.572. The molecule has 0 aliphatic carbocycles. The smallest absolute Gasteiger partial charge is 0.129 e. The number of furan rings is 1. The highest BCUT2D eigenvalue weighted by molar-refractivity contribution is 5.05. The fourth-order valence-electron chi connectivity index (χ4n) is 2.18. The van der Waals surface area contributed by atoms with Crippen LogP contribution >= 0.6 is 0 Å². The van der Waals surface area contributed by atoms with E-state index in [1.165, 1.54) is 38.5 Å². The summed E-state index contributed by atoms with van der Waals surface area (Å²) in [7, 11) is 0. The van der Waals surface area contributed by atoms with Gasteiger partial charge in [0.1, 0.15) is 24.7 Å². The molecule has 0 aromatic carbocycles. The van der Waals surface area contributed by atoms with Gasteiger partial charge in [-0.15, -0.1) is 0 Å². The van der Waals surface area contributed by atoms with E-state index in [2.05, 4.69) is 13.8 Å². The van der Waals surface area contributed by atoms with Gasteiger partial charge in [0.25, 0.3) is 0 Å². The van der Waals surface area contributed by atoms with Crippen LogP contribution in [0, 0.1) is 0 Å². The van der Waals surface area contributed by atoms with E-state index in [1.54, 1.807) is 0 Å². The fourth-order valence-corrected chi connectivity index (χ4v) is 2.18. The summed E-state index contributed by atoms with van der Waals surface area (Å²) in [5, 5.41) is 0. The summed E-state index contributed by atoms with van der Waals surface area (Å²) in [5.74, 6) is 1.80. The lowest BCUT2D eigenvalue weighted by Crippen LogP contribution is -1.95. The van der Waals surface area contributed by atoms with Gasteiger partial charge in [-0.25, -0.2) is 0 Å². The molecule has 0 unspecified atom stereocenters. The molecule has 0 N–H and O–H groups in total. The van der Waals surface area contributed by atoms with Gasteiger partial charge in [-0.2, -0.15) is 0 Å². The third-order valence-electron chi connectivity index (χ3n) is 3.49. The average molecular weight is 296 g/mol. The standard InChI is InChI=1S/C18H32O3/c1-3-5-7-9-13-19-15-17-11-12-18(21-17)16-20-14-10-8-6-4-2/h11-12H,3-10,13-16H2,1-2H3. The zero-order valence-corrected chi connectivity index (χ0v) is 13.9. The van der Waals surface area contributed by atoms with Crippen LogP contribution < -0.4 is 0 Å². The van der Waals surface area contributed by atoms with Crippen LogP contribution in [0.15, 0.2) is 16.5 Å². The predicted octanol–water partition coefficient (Wildman–Crippen LogP) is 5.47. The van der Waals surface area contributed by atoms with Crippen LogP contribution in [0.3, 0.4) is 0 Å². The summed E-state index contributed by atoms with van der Waals surface area (Å²) in [6.07, 6.45) is 9.91. The van der Waals surface area contributed by atoms with Crippen LogP contribution in [-0.4, -0.2) is 13.2 Å². The Morgan fingerprint density at radius 1 is 0.714 bits per heavy atom. The van der Waals surface area contributed by atoms with E-state index in [1.807, 2.05) is 12.1 Å².